The molecule has 0 fully saturated rings. The van der Waals surface area contributed by atoms with Gasteiger partial charge in [0.15, 0.2) is 5.78 Å². The van der Waals surface area contributed by atoms with E-state index < -0.39 is 23.9 Å². The number of hydrogen-bond donors (Lipinski definition) is 3. The van der Waals surface area contributed by atoms with Crippen LogP contribution in [0.15, 0.2) is 42.0 Å². The van der Waals surface area contributed by atoms with E-state index in [1.54, 1.807) is 38.1 Å². The van der Waals surface area contributed by atoms with Crippen LogP contribution >= 0.6 is 0 Å². The van der Waals surface area contributed by atoms with Crippen molar-refractivity contribution in [1.82, 2.24) is 0 Å². The standard InChI is InChI=1S/C25H28O6/c1-13(2)5-7-15-18(26)9-8-16-19(27)12-21(30-23(15)16)14-6-10-20-17(11-14)22(28)24(29)25(3,4)31-20/h5-6,8-11,21-22,24,26,28-29H,7,12H2,1-4H3. The number of ether oxygens (including phenoxy) is 2. The number of hydrogen-bond acceptors (Lipinski definition) is 6. The van der Waals surface area contributed by atoms with Crippen molar-refractivity contribution in [3.05, 3.63) is 64.2 Å². The Morgan fingerprint density at radius 1 is 1.19 bits per heavy atom. The van der Waals surface area contributed by atoms with E-state index in [2.05, 4.69) is 0 Å². The second-order valence-corrected chi connectivity index (χ2v) is 9.05. The SMILES string of the molecule is CC(C)=CCc1c(O)ccc2c1OC(c1ccc3c(c1)C(O)C(O)C(C)(C)O3)CC2=O. The number of carbonyl (C=O) groups excluding carboxylic acids is 1. The van der Waals surface area contributed by atoms with Crippen LogP contribution in [0.5, 0.6) is 17.2 Å². The summed E-state index contributed by atoms with van der Waals surface area (Å²) in [6, 6.07) is 8.39. The van der Waals surface area contributed by atoms with Gasteiger partial charge >= 0.3 is 0 Å². The molecular weight excluding hydrogens is 396 g/mol. The maximum Gasteiger partial charge on any atom is 0.170 e. The highest BCUT2D eigenvalue weighted by Gasteiger charge is 2.42. The molecule has 4 rings (SSSR count). The molecule has 3 unspecified atom stereocenters. The predicted molar refractivity (Wildman–Crippen MR) is 116 cm³/mol. The fourth-order valence-corrected chi connectivity index (χ4v) is 4.11. The minimum absolute atomic E-state index is 0.0691. The van der Waals surface area contributed by atoms with Crippen LogP contribution in [0.4, 0.5) is 0 Å². The van der Waals surface area contributed by atoms with Crippen LogP contribution in [0.2, 0.25) is 0 Å². The molecule has 2 aromatic rings. The average Bonchev–Trinajstić information content (AvgIpc) is 2.70. The molecule has 2 heterocycles. The molecule has 0 saturated heterocycles. The van der Waals surface area contributed by atoms with E-state index in [0.717, 1.165) is 5.57 Å². The summed E-state index contributed by atoms with van der Waals surface area (Å²) in [7, 11) is 0. The van der Waals surface area contributed by atoms with Crippen molar-refractivity contribution in [2.24, 2.45) is 0 Å². The van der Waals surface area contributed by atoms with Crippen molar-refractivity contribution in [2.75, 3.05) is 0 Å². The number of carbonyl (C=O) groups is 1. The second kappa shape index (κ2) is 7.70. The first kappa shape index (κ1) is 21.4. The van der Waals surface area contributed by atoms with Gasteiger partial charge in [-0.05, 0) is 63.9 Å². The molecule has 6 heteroatoms. The zero-order valence-electron chi connectivity index (χ0n) is 18.2. The lowest BCUT2D eigenvalue weighted by Crippen LogP contribution is -2.48. The van der Waals surface area contributed by atoms with Gasteiger partial charge in [-0.3, -0.25) is 4.79 Å². The number of aromatic hydroxyl groups is 1. The van der Waals surface area contributed by atoms with Crippen molar-refractivity contribution in [3.8, 4) is 17.2 Å². The molecule has 6 nitrogen and oxygen atoms in total. The Bertz CT molecular complexity index is 1060. The zero-order chi connectivity index (χ0) is 22.5. The minimum atomic E-state index is -1.11. The third kappa shape index (κ3) is 3.82. The van der Waals surface area contributed by atoms with Gasteiger partial charge in [-0.1, -0.05) is 17.7 Å². The van der Waals surface area contributed by atoms with E-state index >= 15 is 0 Å². The number of Topliss-reactive ketones (excluding diaryl/α,β-unsaturated/α-hetero) is 1. The molecule has 3 atom stereocenters. The number of benzene rings is 2. The van der Waals surface area contributed by atoms with Crippen LogP contribution in [0.3, 0.4) is 0 Å². The van der Waals surface area contributed by atoms with Gasteiger partial charge in [0.1, 0.15) is 41.2 Å². The van der Waals surface area contributed by atoms with Crippen LogP contribution in [-0.2, 0) is 6.42 Å². The summed E-state index contributed by atoms with van der Waals surface area (Å²) in [5, 5.41) is 31.4. The summed E-state index contributed by atoms with van der Waals surface area (Å²) in [5.74, 6) is 0.912. The van der Waals surface area contributed by atoms with E-state index in [0.29, 0.717) is 40.2 Å². The van der Waals surface area contributed by atoms with Crippen LogP contribution in [-0.4, -0.2) is 32.8 Å². The number of fused-ring (bicyclic) bond motifs is 2. The van der Waals surface area contributed by atoms with Gasteiger partial charge in [-0.15, -0.1) is 0 Å². The first-order valence-electron chi connectivity index (χ1n) is 10.5. The van der Waals surface area contributed by atoms with E-state index in [1.807, 2.05) is 19.9 Å². The fraction of sp³-hybridized carbons (Fsp3) is 0.400. The topological polar surface area (TPSA) is 96.2 Å². The van der Waals surface area contributed by atoms with Gasteiger partial charge in [-0.25, -0.2) is 0 Å². The first-order valence-corrected chi connectivity index (χ1v) is 10.5. The third-order valence-electron chi connectivity index (χ3n) is 5.99. The highest BCUT2D eigenvalue weighted by Crippen LogP contribution is 2.44. The second-order valence-electron chi connectivity index (χ2n) is 9.05. The van der Waals surface area contributed by atoms with E-state index in [1.165, 1.54) is 6.07 Å². The zero-order valence-corrected chi connectivity index (χ0v) is 18.2. The summed E-state index contributed by atoms with van der Waals surface area (Å²) in [6.07, 6.45) is -0.196. The molecule has 164 valence electrons. The maximum atomic E-state index is 12.9. The predicted octanol–water partition coefficient (Wildman–Crippen LogP) is 4.17. The molecule has 2 aliphatic rings. The monoisotopic (exact) mass is 424 g/mol. The van der Waals surface area contributed by atoms with Crippen molar-refractivity contribution >= 4 is 5.78 Å². The molecule has 0 saturated carbocycles. The Hall–Kier alpha value is -2.83. The summed E-state index contributed by atoms with van der Waals surface area (Å²) in [4.78, 5) is 12.9. The van der Waals surface area contributed by atoms with Crippen LogP contribution in [0.1, 0.15) is 73.4 Å². The van der Waals surface area contributed by atoms with Crippen LogP contribution in [0, 0.1) is 0 Å². The van der Waals surface area contributed by atoms with E-state index in [4.69, 9.17) is 9.47 Å². The molecule has 0 bridgehead atoms. The lowest BCUT2D eigenvalue weighted by Gasteiger charge is -2.40. The van der Waals surface area contributed by atoms with Crippen molar-refractivity contribution in [2.45, 2.75) is 64.4 Å². The quantitative estimate of drug-likeness (QED) is 0.640. The number of aliphatic hydroxyl groups excluding tert-OH is 2. The number of aliphatic hydroxyl groups is 2. The Balaban J connectivity index is 1.71. The number of rotatable bonds is 3. The highest BCUT2D eigenvalue weighted by atomic mass is 16.5. The summed E-state index contributed by atoms with van der Waals surface area (Å²) in [6.45, 7) is 7.38. The summed E-state index contributed by atoms with van der Waals surface area (Å²) < 4.78 is 12.1. The molecule has 2 aliphatic heterocycles. The van der Waals surface area contributed by atoms with Crippen molar-refractivity contribution in [3.63, 3.8) is 0 Å². The minimum Gasteiger partial charge on any atom is -0.508 e. The van der Waals surface area contributed by atoms with E-state index in [9.17, 15) is 20.1 Å². The molecule has 0 spiro atoms. The van der Waals surface area contributed by atoms with E-state index in [-0.39, 0.29) is 18.0 Å². The van der Waals surface area contributed by atoms with Crippen LogP contribution < -0.4 is 9.47 Å². The maximum absolute atomic E-state index is 12.9. The van der Waals surface area contributed by atoms with Gasteiger partial charge in [0.05, 0.1) is 12.0 Å². The van der Waals surface area contributed by atoms with Gasteiger partial charge in [0, 0.05) is 11.1 Å². The van der Waals surface area contributed by atoms with Gasteiger partial charge in [0.2, 0.25) is 0 Å². The summed E-state index contributed by atoms with van der Waals surface area (Å²) >= 11 is 0. The molecule has 31 heavy (non-hydrogen) atoms. The number of allylic oxidation sites excluding steroid dienone is 2. The number of ketones is 1. The van der Waals surface area contributed by atoms with Crippen molar-refractivity contribution in [1.29, 1.82) is 0 Å². The highest BCUT2D eigenvalue weighted by molar-refractivity contribution is 6.00. The van der Waals surface area contributed by atoms with Crippen LogP contribution in [0.25, 0.3) is 0 Å². The normalized spacial score (nSPS) is 23.8. The molecule has 0 aromatic heterocycles. The molecular formula is C25H28O6. The fourth-order valence-electron chi connectivity index (χ4n) is 4.11. The number of phenolic OH excluding ortho intramolecular Hbond substituents is 1. The van der Waals surface area contributed by atoms with Gasteiger partial charge in [0.25, 0.3) is 0 Å². The third-order valence-corrected chi connectivity index (χ3v) is 5.99. The van der Waals surface area contributed by atoms with Crippen molar-refractivity contribution < 1.29 is 29.6 Å². The Labute approximate surface area is 181 Å². The summed E-state index contributed by atoms with van der Waals surface area (Å²) in [5.41, 5.74) is 2.39. The average molecular weight is 424 g/mol. The molecule has 0 radical (unpaired) electrons. The Kier molecular flexibility index (Phi) is 5.31. The molecule has 0 aliphatic carbocycles. The first-order chi connectivity index (χ1) is 14.6. The van der Waals surface area contributed by atoms with Gasteiger partial charge < -0.3 is 24.8 Å². The number of phenols is 1. The molecule has 0 amide bonds. The smallest absolute Gasteiger partial charge is 0.170 e. The molecule has 3 N–H and O–H groups in total. The Morgan fingerprint density at radius 3 is 2.65 bits per heavy atom. The molecule has 2 aromatic carbocycles. The lowest BCUT2D eigenvalue weighted by molar-refractivity contribution is -0.111. The Morgan fingerprint density at radius 2 is 1.94 bits per heavy atom. The van der Waals surface area contributed by atoms with Gasteiger partial charge in [-0.2, -0.15) is 0 Å². The largest absolute Gasteiger partial charge is 0.508 e. The lowest BCUT2D eigenvalue weighted by atomic mass is 9.86.